The summed E-state index contributed by atoms with van der Waals surface area (Å²) in [6.07, 6.45) is 0. The molecule has 0 amide bonds. The Hall–Kier alpha value is -2.62. The van der Waals surface area contributed by atoms with E-state index in [-0.39, 0.29) is 10.7 Å². The number of nitrogens with one attached hydrogen (secondary N) is 1. The van der Waals surface area contributed by atoms with Crippen molar-refractivity contribution in [3.05, 3.63) is 48.0 Å². The fraction of sp³-hybridized carbons (Fsp3) is 0.0714. The average Bonchev–Trinajstić information content (AvgIpc) is 3.07. The number of hydrogen-bond donors (Lipinski definition) is 3. The van der Waals surface area contributed by atoms with Gasteiger partial charge in [0.05, 0.1) is 10.5 Å². The number of nitrogens with zero attached hydrogens (tertiary/aromatic N) is 3. The number of benzene rings is 2. The number of sulfonamides is 1. The number of rotatable bonds is 4. The van der Waals surface area contributed by atoms with Crippen molar-refractivity contribution in [1.82, 2.24) is 20.6 Å². The van der Waals surface area contributed by atoms with E-state index in [0.717, 1.165) is 11.1 Å². The lowest BCUT2D eigenvalue weighted by Crippen LogP contribution is -2.14. The predicted octanol–water partition coefficient (Wildman–Crippen LogP) is 0.640. The van der Waals surface area contributed by atoms with Gasteiger partial charge in [0.1, 0.15) is 0 Å². The van der Waals surface area contributed by atoms with E-state index in [9.17, 15) is 8.42 Å². The Morgan fingerprint density at radius 3 is 2.39 bits per heavy atom. The van der Waals surface area contributed by atoms with E-state index < -0.39 is 10.0 Å². The number of hydrogen-bond acceptors (Lipinski definition) is 6. The molecule has 5 N–H and O–H groups in total. The Labute approximate surface area is 132 Å². The molecule has 8 nitrogen and oxygen atoms in total. The van der Waals surface area contributed by atoms with Crippen LogP contribution in [0, 0.1) is 0 Å². The molecule has 2 aromatic carbocycles. The highest BCUT2D eigenvalue weighted by atomic mass is 32.2. The molecule has 1 heterocycles. The molecule has 0 unspecified atom stereocenters. The molecule has 0 fully saturated rings. The van der Waals surface area contributed by atoms with Crippen molar-refractivity contribution in [2.45, 2.75) is 11.4 Å². The summed E-state index contributed by atoms with van der Waals surface area (Å²) < 4.78 is 23.8. The number of H-pyrrole nitrogens is 1. The van der Waals surface area contributed by atoms with Gasteiger partial charge < -0.3 is 5.73 Å². The van der Waals surface area contributed by atoms with Gasteiger partial charge in [-0.3, -0.25) is 0 Å². The molecule has 0 aliphatic carbocycles. The monoisotopic (exact) mass is 330 g/mol. The molecule has 118 valence electrons. The first kappa shape index (κ1) is 15.3. The summed E-state index contributed by atoms with van der Waals surface area (Å²) in [6, 6.07) is 12.3. The van der Waals surface area contributed by atoms with Crippen LogP contribution in [0.25, 0.3) is 22.5 Å². The molecule has 9 heteroatoms. The van der Waals surface area contributed by atoms with Crippen molar-refractivity contribution < 1.29 is 8.42 Å². The van der Waals surface area contributed by atoms with Crippen molar-refractivity contribution >= 4 is 10.0 Å². The summed E-state index contributed by atoms with van der Waals surface area (Å²) >= 11 is 0. The van der Waals surface area contributed by atoms with Gasteiger partial charge in [-0.15, -0.1) is 10.2 Å². The second kappa shape index (κ2) is 5.88. The zero-order valence-corrected chi connectivity index (χ0v) is 12.8. The largest absolute Gasteiger partial charge is 0.326 e. The summed E-state index contributed by atoms with van der Waals surface area (Å²) in [6.45, 7) is 0.426. The van der Waals surface area contributed by atoms with Gasteiger partial charge in [-0.25, -0.2) is 13.6 Å². The molecule has 3 rings (SSSR count). The molecule has 0 radical (unpaired) electrons. The Morgan fingerprint density at radius 1 is 1.09 bits per heavy atom. The van der Waals surface area contributed by atoms with Gasteiger partial charge in [0.25, 0.3) is 0 Å². The van der Waals surface area contributed by atoms with Crippen LogP contribution in [0.15, 0.2) is 47.4 Å². The lowest BCUT2D eigenvalue weighted by molar-refractivity contribution is 0.598. The molecule has 0 spiro atoms. The fourth-order valence-electron chi connectivity index (χ4n) is 2.33. The molecule has 1 aromatic heterocycles. The predicted molar refractivity (Wildman–Crippen MR) is 84.3 cm³/mol. The Balaban J connectivity index is 2.28. The van der Waals surface area contributed by atoms with Crippen LogP contribution in [0.5, 0.6) is 0 Å². The van der Waals surface area contributed by atoms with Crippen LogP contribution in [0.2, 0.25) is 0 Å². The van der Waals surface area contributed by atoms with Crippen molar-refractivity contribution in [2.75, 3.05) is 0 Å². The Bertz CT molecular complexity index is 920. The maximum atomic E-state index is 11.9. The molecule has 0 atom stereocenters. The molecule has 0 aliphatic rings. The highest BCUT2D eigenvalue weighted by Crippen LogP contribution is 2.34. The molecule has 0 aliphatic heterocycles. The quantitative estimate of drug-likeness (QED) is 0.641. The highest BCUT2D eigenvalue weighted by Gasteiger charge is 2.22. The van der Waals surface area contributed by atoms with Gasteiger partial charge in [-0.2, -0.15) is 5.21 Å². The van der Waals surface area contributed by atoms with Crippen LogP contribution < -0.4 is 10.9 Å². The van der Waals surface area contributed by atoms with Crippen LogP contribution >= 0.6 is 0 Å². The molecule has 0 saturated heterocycles. The summed E-state index contributed by atoms with van der Waals surface area (Å²) in [5, 5.41) is 18.9. The first-order valence-electron chi connectivity index (χ1n) is 6.69. The zero-order valence-electron chi connectivity index (χ0n) is 12.0. The summed E-state index contributed by atoms with van der Waals surface area (Å²) in [5.74, 6) is 0.160. The number of primary sulfonamides is 1. The highest BCUT2D eigenvalue weighted by molar-refractivity contribution is 7.89. The van der Waals surface area contributed by atoms with Gasteiger partial charge in [-0.05, 0) is 28.0 Å². The molecule has 0 saturated carbocycles. The second-order valence-electron chi connectivity index (χ2n) is 4.86. The van der Waals surface area contributed by atoms with Gasteiger partial charge in [-0.1, -0.05) is 36.4 Å². The van der Waals surface area contributed by atoms with E-state index in [1.54, 1.807) is 12.1 Å². The van der Waals surface area contributed by atoms with Crippen LogP contribution in [-0.4, -0.2) is 29.0 Å². The molecule has 23 heavy (non-hydrogen) atoms. The van der Waals surface area contributed by atoms with Gasteiger partial charge >= 0.3 is 0 Å². The third kappa shape index (κ3) is 2.97. The van der Waals surface area contributed by atoms with Crippen molar-refractivity contribution in [1.29, 1.82) is 0 Å². The minimum Gasteiger partial charge on any atom is -0.326 e. The van der Waals surface area contributed by atoms with Crippen LogP contribution in [0.3, 0.4) is 0 Å². The average molecular weight is 330 g/mol. The lowest BCUT2D eigenvalue weighted by Gasteiger charge is -2.11. The van der Waals surface area contributed by atoms with E-state index >= 15 is 0 Å². The first-order chi connectivity index (χ1) is 11.0. The maximum Gasteiger partial charge on any atom is 0.238 e. The molecule has 0 bridgehead atoms. The third-order valence-corrected chi connectivity index (χ3v) is 4.36. The third-order valence-electron chi connectivity index (χ3n) is 3.40. The summed E-state index contributed by atoms with van der Waals surface area (Å²) in [7, 11) is -3.94. The smallest absolute Gasteiger partial charge is 0.238 e. The molecular formula is C14H14N6O2S. The number of nitrogens with two attached hydrogens (primary N) is 2. The number of aromatic nitrogens is 4. The van der Waals surface area contributed by atoms with Gasteiger partial charge in [0.15, 0.2) is 0 Å². The topological polar surface area (TPSA) is 141 Å². The van der Waals surface area contributed by atoms with E-state index in [4.69, 9.17) is 10.9 Å². The lowest BCUT2D eigenvalue weighted by atomic mass is 9.98. The first-order valence-corrected chi connectivity index (χ1v) is 8.24. The minimum absolute atomic E-state index is 0.0562. The summed E-state index contributed by atoms with van der Waals surface area (Å²) in [5.41, 5.74) is 8.32. The Kier molecular flexibility index (Phi) is 3.90. The van der Waals surface area contributed by atoms with E-state index in [2.05, 4.69) is 20.6 Å². The number of tetrazole rings is 1. The Morgan fingerprint density at radius 2 is 1.83 bits per heavy atom. The summed E-state index contributed by atoms with van der Waals surface area (Å²) in [4.78, 5) is -0.0562. The normalized spacial score (nSPS) is 11.6. The van der Waals surface area contributed by atoms with E-state index in [1.165, 1.54) is 6.07 Å². The van der Waals surface area contributed by atoms with Gasteiger partial charge in [0.2, 0.25) is 15.8 Å². The fourth-order valence-corrected chi connectivity index (χ4v) is 3.08. The second-order valence-corrected chi connectivity index (χ2v) is 6.39. The maximum absolute atomic E-state index is 11.9. The SMILES string of the molecule is NCc1ccc(-c2cccc(S(N)(=O)=O)c2-c2nn[nH]n2)cc1. The van der Waals surface area contributed by atoms with Crippen LogP contribution in [0.4, 0.5) is 0 Å². The standard InChI is InChI=1S/C14H14N6O2S/c15-8-9-4-6-10(7-5-9)11-2-1-3-12(23(16,21)22)13(11)14-17-19-20-18-14/h1-7H,8,15H2,(H2,16,21,22)(H,17,18,19,20). The van der Waals surface area contributed by atoms with Gasteiger partial charge in [0, 0.05) is 6.54 Å². The van der Waals surface area contributed by atoms with Crippen molar-refractivity contribution in [2.24, 2.45) is 10.9 Å². The van der Waals surface area contributed by atoms with E-state index in [0.29, 0.717) is 17.7 Å². The molecule has 3 aromatic rings. The van der Waals surface area contributed by atoms with Crippen molar-refractivity contribution in [3.8, 4) is 22.5 Å². The number of aromatic amines is 1. The van der Waals surface area contributed by atoms with E-state index in [1.807, 2.05) is 24.3 Å². The molecular weight excluding hydrogens is 316 g/mol. The zero-order chi connectivity index (χ0) is 16.4. The van der Waals surface area contributed by atoms with Crippen molar-refractivity contribution in [3.63, 3.8) is 0 Å². The minimum atomic E-state index is -3.94. The van der Waals surface area contributed by atoms with Crippen LogP contribution in [0.1, 0.15) is 5.56 Å². The van der Waals surface area contributed by atoms with Crippen LogP contribution in [-0.2, 0) is 16.6 Å².